The lowest BCUT2D eigenvalue weighted by Crippen LogP contribution is -2.45. The first-order valence-corrected chi connectivity index (χ1v) is 41.5. The van der Waals surface area contributed by atoms with Crippen molar-refractivity contribution < 1.29 is 24.5 Å². The summed E-state index contributed by atoms with van der Waals surface area (Å²) in [7, 11) is 0. The zero-order valence-corrected chi connectivity index (χ0v) is 61.0. The SMILES string of the molecule is CCCCCCCCCCCCCCCCCCCCCCCC/C=C/C(O)C(CO)NC(=O)CCCCCCCCCCCCCCCCCCCCCCCCCCCCCCCCOC(=O)CCCCCCCCCCCCCCCCCCCC. The van der Waals surface area contributed by atoms with E-state index in [1.165, 1.54) is 417 Å². The number of ether oxygens (including phenoxy) is 1. The van der Waals surface area contributed by atoms with Gasteiger partial charge in [0.25, 0.3) is 0 Å². The lowest BCUT2D eigenvalue weighted by Gasteiger charge is -2.20. The fourth-order valence-electron chi connectivity index (χ4n) is 13.5. The van der Waals surface area contributed by atoms with Crippen molar-refractivity contribution in [3.05, 3.63) is 12.2 Å². The summed E-state index contributed by atoms with van der Waals surface area (Å²) in [5, 5.41) is 23.3. The first kappa shape index (κ1) is 87.6. The van der Waals surface area contributed by atoms with Crippen molar-refractivity contribution in [1.82, 2.24) is 5.32 Å². The van der Waals surface area contributed by atoms with E-state index in [0.29, 0.717) is 19.4 Å². The summed E-state index contributed by atoms with van der Waals surface area (Å²) in [5.41, 5.74) is 0. The monoisotopic (exact) mass is 1250 g/mol. The average molecular weight is 1260 g/mol. The molecule has 2 unspecified atom stereocenters. The summed E-state index contributed by atoms with van der Waals surface area (Å²) in [6.07, 6.45) is 101. The number of esters is 1. The second kappa shape index (κ2) is 79.0. The number of amides is 1. The molecule has 0 aliphatic carbocycles. The normalized spacial score (nSPS) is 12.4. The quantitative estimate of drug-likeness (QED) is 0.0320. The fraction of sp³-hybridized carbons (Fsp3) is 0.952. The van der Waals surface area contributed by atoms with Gasteiger partial charge in [-0.15, -0.1) is 0 Å². The number of unbranched alkanes of at least 4 members (excludes halogenated alkanes) is 68. The summed E-state index contributed by atoms with van der Waals surface area (Å²) in [5.74, 6) is -0.0324. The highest BCUT2D eigenvalue weighted by atomic mass is 16.5. The third kappa shape index (κ3) is 75.5. The van der Waals surface area contributed by atoms with Gasteiger partial charge in [0, 0.05) is 12.8 Å². The van der Waals surface area contributed by atoms with E-state index in [1.807, 2.05) is 6.08 Å². The number of hydrogen-bond donors (Lipinski definition) is 3. The lowest BCUT2D eigenvalue weighted by atomic mass is 10.0. The van der Waals surface area contributed by atoms with Crippen molar-refractivity contribution in [2.24, 2.45) is 0 Å². The van der Waals surface area contributed by atoms with Crippen LogP contribution < -0.4 is 5.32 Å². The maximum Gasteiger partial charge on any atom is 0.305 e. The molecular weight excluding hydrogens is 1090 g/mol. The molecule has 0 aliphatic rings. The number of hydrogen-bond acceptors (Lipinski definition) is 5. The predicted octanol–water partition coefficient (Wildman–Crippen LogP) is 27.4. The number of carbonyl (C=O) groups excluding carboxylic acids is 2. The van der Waals surface area contributed by atoms with Crippen LogP contribution in [0.3, 0.4) is 0 Å². The van der Waals surface area contributed by atoms with Crippen LogP contribution in [0, 0.1) is 0 Å². The highest BCUT2D eigenvalue weighted by Crippen LogP contribution is 2.21. The molecule has 0 aromatic carbocycles. The van der Waals surface area contributed by atoms with E-state index >= 15 is 0 Å². The van der Waals surface area contributed by atoms with E-state index in [0.717, 1.165) is 38.5 Å². The number of rotatable bonds is 79. The zero-order chi connectivity index (χ0) is 64.2. The van der Waals surface area contributed by atoms with E-state index in [2.05, 4.69) is 19.2 Å². The largest absolute Gasteiger partial charge is 0.466 e. The number of carbonyl (C=O) groups is 2. The predicted molar refractivity (Wildman–Crippen MR) is 394 cm³/mol. The molecular formula is C83H163NO5. The second-order valence-corrected chi connectivity index (χ2v) is 28.8. The van der Waals surface area contributed by atoms with E-state index in [1.54, 1.807) is 6.08 Å². The Balaban J connectivity index is 3.34. The van der Waals surface area contributed by atoms with Crippen LogP contribution in [0.1, 0.15) is 483 Å². The van der Waals surface area contributed by atoms with E-state index < -0.39 is 12.1 Å². The Morgan fingerprint density at radius 1 is 0.303 bits per heavy atom. The lowest BCUT2D eigenvalue weighted by molar-refractivity contribution is -0.143. The molecule has 0 aliphatic heterocycles. The third-order valence-corrected chi connectivity index (χ3v) is 19.8. The molecule has 0 rings (SSSR count). The Labute approximate surface area is 559 Å². The second-order valence-electron chi connectivity index (χ2n) is 28.8. The molecule has 1 amide bonds. The van der Waals surface area contributed by atoms with Crippen LogP contribution in [0.15, 0.2) is 12.2 Å². The Hall–Kier alpha value is -1.40. The van der Waals surface area contributed by atoms with Crippen LogP contribution in [0.4, 0.5) is 0 Å². The van der Waals surface area contributed by atoms with Gasteiger partial charge in [-0.25, -0.2) is 0 Å². The van der Waals surface area contributed by atoms with Gasteiger partial charge in [-0.3, -0.25) is 9.59 Å². The Bertz CT molecular complexity index is 1350. The summed E-state index contributed by atoms with van der Waals surface area (Å²) < 4.78 is 5.52. The van der Waals surface area contributed by atoms with Gasteiger partial charge in [-0.1, -0.05) is 450 Å². The molecule has 0 aromatic heterocycles. The molecule has 530 valence electrons. The van der Waals surface area contributed by atoms with Crippen molar-refractivity contribution in [2.75, 3.05) is 13.2 Å². The van der Waals surface area contributed by atoms with Crippen molar-refractivity contribution in [3.63, 3.8) is 0 Å². The van der Waals surface area contributed by atoms with Gasteiger partial charge in [-0.2, -0.15) is 0 Å². The third-order valence-electron chi connectivity index (χ3n) is 19.8. The highest BCUT2D eigenvalue weighted by Gasteiger charge is 2.18. The van der Waals surface area contributed by atoms with Gasteiger partial charge in [0.15, 0.2) is 0 Å². The van der Waals surface area contributed by atoms with Crippen molar-refractivity contribution in [1.29, 1.82) is 0 Å². The maximum atomic E-state index is 12.6. The minimum Gasteiger partial charge on any atom is -0.466 e. The zero-order valence-electron chi connectivity index (χ0n) is 61.0. The van der Waals surface area contributed by atoms with E-state index in [-0.39, 0.29) is 18.5 Å². The standard InChI is InChI=1S/C83H163NO5/c1-3-5-7-9-11-13-15-17-19-21-23-24-25-34-37-40-43-47-51-55-59-63-67-71-75-81(86)80(79-85)84-82(87)76-72-68-64-60-56-52-48-44-41-38-35-32-30-28-26-27-29-31-33-36-39-42-46-50-54-58-62-66-70-74-78-89-83(88)77-73-69-65-61-57-53-49-45-22-20-18-16-14-12-10-8-6-4-2/h71,75,80-81,85-86H,3-70,72-74,76-79H2,1-2H3,(H,84,87)/b75-71+. The molecule has 6 heteroatoms. The van der Waals surface area contributed by atoms with Crippen LogP contribution in [0.5, 0.6) is 0 Å². The molecule has 0 saturated heterocycles. The van der Waals surface area contributed by atoms with Crippen LogP contribution in [0.25, 0.3) is 0 Å². The summed E-state index contributed by atoms with van der Waals surface area (Å²) in [6.45, 7) is 4.97. The fourth-order valence-corrected chi connectivity index (χ4v) is 13.5. The van der Waals surface area contributed by atoms with Crippen LogP contribution in [-0.2, 0) is 14.3 Å². The van der Waals surface area contributed by atoms with Crippen molar-refractivity contribution >= 4 is 11.9 Å². The van der Waals surface area contributed by atoms with Gasteiger partial charge >= 0.3 is 5.97 Å². The molecule has 0 radical (unpaired) electrons. The first-order chi connectivity index (χ1) is 44.0. The molecule has 6 nitrogen and oxygen atoms in total. The smallest absolute Gasteiger partial charge is 0.305 e. The van der Waals surface area contributed by atoms with Gasteiger partial charge in [0.05, 0.1) is 25.4 Å². The minimum absolute atomic E-state index is 0.0257. The Morgan fingerprint density at radius 2 is 0.517 bits per heavy atom. The number of aliphatic hydroxyl groups excluding tert-OH is 2. The van der Waals surface area contributed by atoms with Gasteiger partial charge in [0.2, 0.25) is 5.91 Å². The number of nitrogens with one attached hydrogen (secondary N) is 1. The topological polar surface area (TPSA) is 95.9 Å². The summed E-state index contributed by atoms with van der Waals surface area (Å²) in [6, 6.07) is -0.626. The Kier molecular flexibility index (Phi) is 77.8. The average Bonchev–Trinajstić information content (AvgIpc) is 3.56. The van der Waals surface area contributed by atoms with Crippen LogP contribution in [-0.4, -0.2) is 47.4 Å². The van der Waals surface area contributed by atoms with E-state index in [9.17, 15) is 19.8 Å². The van der Waals surface area contributed by atoms with E-state index in [4.69, 9.17) is 4.74 Å². The molecule has 0 heterocycles. The molecule has 0 spiro atoms. The van der Waals surface area contributed by atoms with Gasteiger partial charge < -0.3 is 20.3 Å². The van der Waals surface area contributed by atoms with Crippen LogP contribution >= 0.6 is 0 Å². The van der Waals surface area contributed by atoms with Crippen molar-refractivity contribution in [2.45, 2.75) is 495 Å². The Morgan fingerprint density at radius 3 is 0.764 bits per heavy atom. The molecule has 0 bridgehead atoms. The summed E-state index contributed by atoms with van der Waals surface area (Å²) >= 11 is 0. The van der Waals surface area contributed by atoms with Gasteiger partial charge in [-0.05, 0) is 32.1 Å². The highest BCUT2D eigenvalue weighted by molar-refractivity contribution is 5.76. The molecule has 0 fully saturated rings. The molecule has 0 saturated carbocycles. The summed E-state index contributed by atoms with van der Waals surface area (Å²) in [4.78, 5) is 24.7. The van der Waals surface area contributed by atoms with Gasteiger partial charge in [0.1, 0.15) is 0 Å². The van der Waals surface area contributed by atoms with Crippen LogP contribution in [0.2, 0.25) is 0 Å². The molecule has 2 atom stereocenters. The number of aliphatic hydroxyl groups is 2. The molecule has 89 heavy (non-hydrogen) atoms. The molecule has 3 N–H and O–H groups in total. The number of allylic oxidation sites excluding steroid dienone is 1. The maximum absolute atomic E-state index is 12.6. The minimum atomic E-state index is -0.843. The van der Waals surface area contributed by atoms with Crippen molar-refractivity contribution in [3.8, 4) is 0 Å². The first-order valence-electron chi connectivity index (χ1n) is 41.5. The molecule has 0 aromatic rings.